The van der Waals surface area contributed by atoms with Crippen molar-refractivity contribution >= 4 is 28.3 Å². The molecule has 0 bridgehead atoms. The van der Waals surface area contributed by atoms with Crippen molar-refractivity contribution in [3.05, 3.63) is 110 Å². The van der Waals surface area contributed by atoms with Gasteiger partial charge in [0.25, 0.3) is 11.1 Å². The number of thioether (sulfide) groups is 1. The summed E-state index contributed by atoms with van der Waals surface area (Å²) in [5, 5.41) is 1.14. The number of benzene rings is 2. The Balaban J connectivity index is 1.63. The van der Waals surface area contributed by atoms with Gasteiger partial charge in [0.05, 0.1) is 22.3 Å². The Morgan fingerprint density at radius 2 is 1.70 bits per heavy atom. The second-order valence-corrected chi connectivity index (χ2v) is 9.02. The molecule has 0 aliphatic rings. The molecule has 0 aliphatic heterocycles. The van der Waals surface area contributed by atoms with Crippen molar-refractivity contribution in [1.82, 2.24) is 18.9 Å². The Morgan fingerprint density at radius 3 is 2.52 bits per heavy atom. The van der Waals surface area contributed by atoms with E-state index in [1.54, 1.807) is 21.1 Å². The third-order valence-electron chi connectivity index (χ3n) is 5.62. The summed E-state index contributed by atoms with van der Waals surface area (Å²) in [7, 11) is 0. The molecule has 0 saturated carbocycles. The smallest absolute Gasteiger partial charge is 0.266 e. The van der Waals surface area contributed by atoms with Crippen LogP contribution in [0.2, 0.25) is 0 Å². The number of para-hydroxylation sites is 1. The van der Waals surface area contributed by atoms with Crippen molar-refractivity contribution in [3.8, 4) is 5.69 Å². The molecule has 7 heteroatoms. The van der Waals surface area contributed by atoms with Crippen LogP contribution in [0.1, 0.15) is 22.5 Å². The fraction of sp³-hybridized carbons (Fsp3) is 0.154. The zero-order chi connectivity index (χ0) is 23.1. The first-order chi connectivity index (χ1) is 15.9. The van der Waals surface area contributed by atoms with Crippen LogP contribution in [0.15, 0.2) is 81.5 Å². The molecule has 0 saturated heterocycles. The molecule has 0 amide bonds. The molecule has 0 radical (unpaired) electrons. The maximum absolute atomic E-state index is 13.5. The highest BCUT2D eigenvalue weighted by Crippen LogP contribution is 2.26. The van der Waals surface area contributed by atoms with Crippen LogP contribution >= 0.6 is 11.8 Å². The molecule has 3 aromatic heterocycles. The minimum absolute atomic E-state index is 0.114. The molecule has 5 aromatic rings. The van der Waals surface area contributed by atoms with Crippen molar-refractivity contribution < 1.29 is 0 Å². The van der Waals surface area contributed by atoms with Crippen LogP contribution < -0.4 is 11.1 Å². The van der Waals surface area contributed by atoms with Crippen molar-refractivity contribution in [3.63, 3.8) is 0 Å². The van der Waals surface area contributed by atoms with E-state index < -0.39 is 0 Å². The van der Waals surface area contributed by atoms with Gasteiger partial charge in [-0.25, -0.2) is 9.97 Å². The minimum atomic E-state index is -0.119. The lowest BCUT2D eigenvalue weighted by Crippen LogP contribution is -2.22. The van der Waals surface area contributed by atoms with Crippen molar-refractivity contribution in [1.29, 1.82) is 0 Å². The van der Waals surface area contributed by atoms with Gasteiger partial charge < -0.3 is 0 Å². The highest BCUT2D eigenvalue weighted by molar-refractivity contribution is 7.98. The summed E-state index contributed by atoms with van der Waals surface area (Å²) in [5.41, 5.74) is 5.42. The van der Waals surface area contributed by atoms with Crippen LogP contribution in [0.4, 0.5) is 0 Å². The second kappa shape index (κ2) is 8.33. The lowest BCUT2D eigenvalue weighted by atomic mass is 10.1. The van der Waals surface area contributed by atoms with Crippen LogP contribution in [-0.2, 0) is 5.75 Å². The number of rotatable bonds is 4. The van der Waals surface area contributed by atoms with Gasteiger partial charge in [-0.05, 0) is 56.7 Å². The second-order valence-electron chi connectivity index (χ2n) is 8.08. The summed E-state index contributed by atoms with van der Waals surface area (Å²) < 4.78 is 3.26. The Bertz CT molecular complexity index is 1650. The van der Waals surface area contributed by atoms with Gasteiger partial charge in [-0.2, -0.15) is 0 Å². The maximum atomic E-state index is 13.5. The summed E-state index contributed by atoms with van der Waals surface area (Å²) >= 11 is 1.40. The predicted molar refractivity (Wildman–Crippen MR) is 133 cm³/mol. The molecule has 0 atom stereocenters. The van der Waals surface area contributed by atoms with Gasteiger partial charge in [0.2, 0.25) is 0 Å². The number of pyridine rings is 1. The number of aromatic nitrogens is 4. The topological polar surface area (TPSA) is 69.3 Å². The zero-order valence-electron chi connectivity index (χ0n) is 18.6. The summed E-state index contributed by atoms with van der Waals surface area (Å²) in [4.78, 5) is 35.6. The average molecular weight is 455 g/mol. The van der Waals surface area contributed by atoms with E-state index in [0.29, 0.717) is 33.2 Å². The van der Waals surface area contributed by atoms with E-state index in [-0.39, 0.29) is 11.1 Å². The van der Waals surface area contributed by atoms with E-state index in [0.717, 1.165) is 22.5 Å². The first-order valence-corrected chi connectivity index (χ1v) is 11.6. The molecule has 0 N–H and O–H groups in total. The van der Waals surface area contributed by atoms with E-state index in [2.05, 4.69) is 11.1 Å². The molecular weight excluding hydrogens is 432 g/mol. The predicted octanol–water partition coefficient (Wildman–Crippen LogP) is 4.61. The largest absolute Gasteiger partial charge is 0.269 e. The number of aryl methyl sites for hydroxylation is 3. The van der Waals surface area contributed by atoms with Crippen molar-refractivity contribution in [2.24, 2.45) is 0 Å². The average Bonchev–Trinajstić information content (AvgIpc) is 2.78. The normalized spacial score (nSPS) is 11.4. The first kappa shape index (κ1) is 21.2. The molecule has 164 valence electrons. The Kier molecular flexibility index (Phi) is 5.34. The van der Waals surface area contributed by atoms with Crippen LogP contribution in [-0.4, -0.2) is 18.9 Å². The van der Waals surface area contributed by atoms with E-state index in [1.807, 2.05) is 69.3 Å². The van der Waals surface area contributed by atoms with Gasteiger partial charge in [0.1, 0.15) is 5.65 Å². The van der Waals surface area contributed by atoms with Crippen LogP contribution in [0.25, 0.3) is 22.2 Å². The summed E-state index contributed by atoms with van der Waals surface area (Å²) in [5.74, 6) is 0.412. The van der Waals surface area contributed by atoms with Gasteiger partial charge in [-0.3, -0.25) is 18.6 Å². The summed E-state index contributed by atoms with van der Waals surface area (Å²) in [6, 6.07) is 20.5. The first-order valence-electron chi connectivity index (χ1n) is 10.6. The molecule has 0 spiro atoms. The van der Waals surface area contributed by atoms with Gasteiger partial charge >= 0.3 is 0 Å². The molecule has 2 aromatic carbocycles. The number of fused-ring (bicyclic) bond motifs is 2. The molecule has 3 heterocycles. The van der Waals surface area contributed by atoms with E-state index in [9.17, 15) is 9.59 Å². The Labute approximate surface area is 194 Å². The molecule has 0 aliphatic carbocycles. The Hall–Kier alpha value is -3.71. The fourth-order valence-corrected chi connectivity index (χ4v) is 4.95. The lowest BCUT2D eigenvalue weighted by Gasteiger charge is -2.15. The SMILES string of the molecule is Cc1ccc(-n2c(SCc3cc(=O)n4c(C)cccc4n3)nc3ccccc3c2=O)c(C)c1. The quantitative estimate of drug-likeness (QED) is 0.293. The van der Waals surface area contributed by atoms with Crippen LogP contribution in [0.3, 0.4) is 0 Å². The molecule has 0 fully saturated rings. The van der Waals surface area contributed by atoms with E-state index in [4.69, 9.17) is 4.98 Å². The van der Waals surface area contributed by atoms with Crippen molar-refractivity contribution in [2.45, 2.75) is 31.7 Å². The molecule has 33 heavy (non-hydrogen) atoms. The summed E-state index contributed by atoms with van der Waals surface area (Å²) in [6.07, 6.45) is 0. The van der Waals surface area contributed by atoms with Crippen LogP contribution in [0, 0.1) is 20.8 Å². The van der Waals surface area contributed by atoms with Crippen molar-refractivity contribution in [2.75, 3.05) is 0 Å². The maximum Gasteiger partial charge on any atom is 0.266 e. The Morgan fingerprint density at radius 1 is 0.879 bits per heavy atom. The molecule has 6 nitrogen and oxygen atoms in total. The van der Waals surface area contributed by atoms with E-state index >= 15 is 0 Å². The molecular formula is C26H22N4O2S. The third-order valence-corrected chi connectivity index (χ3v) is 6.59. The molecule has 0 unspecified atom stereocenters. The highest BCUT2D eigenvalue weighted by Gasteiger charge is 2.16. The summed E-state index contributed by atoms with van der Waals surface area (Å²) in [6.45, 7) is 5.90. The number of hydrogen-bond donors (Lipinski definition) is 0. The minimum Gasteiger partial charge on any atom is -0.269 e. The lowest BCUT2D eigenvalue weighted by molar-refractivity contribution is 0.813. The third kappa shape index (κ3) is 3.85. The monoisotopic (exact) mass is 454 g/mol. The number of hydrogen-bond acceptors (Lipinski definition) is 5. The van der Waals surface area contributed by atoms with Gasteiger partial charge in [0, 0.05) is 17.5 Å². The number of nitrogens with zero attached hydrogens (tertiary/aromatic N) is 4. The fourth-order valence-electron chi connectivity index (χ4n) is 4.05. The van der Waals surface area contributed by atoms with Crippen LogP contribution in [0.5, 0.6) is 0 Å². The zero-order valence-corrected chi connectivity index (χ0v) is 19.4. The highest BCUT2D eigenvalue weighted by atomic mass is 32.2. The standard InChI is InChI=1S/C26H22N4O2S/c1-16-11-12-22(17(2)13-16)30-25(32)20-8-4-5-9-21(20)28-26(30)33-15-19-14-24(31)29-18(3)7-6-10-23(29)27-19/h4-14H,15H2,1-3H3. The van der Waals surface area contributed by atoms with E-state index in [1.165, 1.54) is 11.8 Å². The molecule has 5 rings (SSSR count). The van der Waals surface area contributed by atoms with Gasteiger partial charge in [-0.1, -0.05) is 47.7 Å². The van der Waals surface area contributed by atoms with Gasteiger partial charge in [0.15, 0.2) is 5.16 Å². The van der Waals surface area contributed by atoms with Gasteiger partial charge in [-0.15, -0.1) is 0 Å².